The predicted molar refractivity (Wildman–Crippen MR) is 202 cm³/mol. The summed E-state index contributed by atoms with van der Waals surface area (Å²) in [6.07, 6.45) is -1.67. The molecule has 0 saturated carbocycles. The number of hydrogen-bond acceptors (Lipinski definition) is 10. The second kappa shape index (κ2) is 18.8. The van der Waals surface area contributed by atoms with Crippen molar-refractivity contribution in [2.75, 3.05) is 23.8 Å². The van der Waals surface area contributed by atoms with Crippen molar-refractivity contribution < 1.29 is 47.6 Å². The van der Waals surface area contributed by atoms with Crippen LogP contribution in [0.5, 0.6) is 11.5 Å². The lowest BCUT2D eigenvalue weighted by atomic mass is 10.00. The SMILES string of the molecule is CC(C)Oc1cc(OCCNC(=O)OC(C)(C)C)cc(CNc2ccc(F)cc2C(=O)Nc2ccc(C(=N)NC(=O)OC(C)(C)C)cc2)c1CCC(=O)O. The summed E-state index contributed by atoms with van der Waals surface area (Å²) in [5, 5.41) is 28.5. The van der Waals surface area contributed by atoms with Gasteiger partial charge in [-0.05, 0) is 121 Å². The van der Waals surface area contributed by atoms with E-state index >= 15 is 0 Å². The number of nitrogens with one attached hydrogen (secondary N) is 5. The molecule has 0 aromatic heterocycles. The van der Waals surface area contributed by atoms with E-state index in [0.717, 1.165) is 6.07 Å². The molecule has 0 aliphatic heterocycles. The highest BCUT2D eigenvalue weighted by molar-refractivity contribution is 6.08. The zero-order valence-electron chi connectivity index (χ0n) is 31.9. The molecule has 6 N–H and O–H groups in total. The third-order valence-corrected chi connectivity index (χ3v) is 7.02. The average molecular weight is 752 g/mol. The van der Waals surface area contributed by atoms with E-state index in [1.807, 2.05) is 13.8 Å². The topological polar surface area (TPSA) is 197 Å². The number of aliphatic carboxylic acids is 1. The monoisotopic (exact) mass is 751 g/mol. The van der Waals surface area contributed by atoms with Crippen LogP contribution in [0, 0.1) is 11.2 Å². The lowest BCUT2D eigenvalue weighted by molar-refractivity contribution is -0.136. The number of carbonyl (C=O) groups is 4. The van der Waals surface area contributed by atoms with Crippen molar-refractivity contribution in [2.24, 2.45) is 0 Å². The highest BCUT2D eigenvalue weighted by Crippen LogP contribution is 2.32. The van der Waals surface area contributed by atoms with Crippen molar-refractivity contribution in [2.45, 2.75) is 92.1 Å². The smallest absolute Gasteiger partial charge is 0.413 e. The Kier molecular flexibility index (Phi) is 14.8. The van der Waals surface area contributed by atoms with Crippen molar-refractivity contribution in [3.8, 4) is 11.5 Å². The van der Waals surface area contributed by atoms with Gasteiger partial charge in [0.2, 0.25) is 0 Å². The van der Waals surface area contributed by atoms with Crippen LogP contribution in [0.25, 0.3) is 0 Å². The van der Waals surface area contributed by atoms with Crippen LogP contribution in [0.15, 0.2) is 54.6 Å². The van der Waals surface area contributed by atoms with Gasteiger partial charge in [0.1, 0.15) is 41.0 Å². The Labute approximate surface area is 314 Å². The number of amidine groups is 1. The molecule has 0 unspecified atom stereocenters. The number of rotatable bonds is 15. The predicted octanol–water partition coefficient (Wildman–Crippen LogP) is 7.25. The summed E-state index contributed by atoms with van der Waals surface area (Å²) < 4.78 is 37.0. The molecule has 0 saturated heterocycles. The molecule has 0 heterocycles. The summed E-state index contributed by atoms with van der Waals surface area (Å²) in [4.78, 5) is 49.2. The summed E-state index contributed by atoms with van der Waals surface area (Å²) >= 11 is 0. The number of halogens is 1. The Morgan fingerprint density at radius 3 is 2.15 bits per heavy atom. The van der Waals surface area contributed by atoms with Crippen LogP contribution in [0.4, 0.5) is 25.4 Å². The summed E-state index contributed by atoms with van der Waals surface area (Å²) in [5.41, 5.74) is 0.809. The number of ether oxygens (including phenoxy) is 4. The second-order valence-corrected chi connectivity index (χ2v) is 14.5. The average Bonchev–Trinajstić information content (AvgIpc) is 3.03. The summed E-state index contributed by atoms with van der Waals surface area (Å²) in [5.74, 6) is -1.67. The van der Waals surface area contributed by atoms with Crippen molar-refractivity contribution in [1.29, 1.82) is 5.41 Å². The number of hydrogen-bond donors (Lipinski definition) is 6. The Morgan fingerprint density at radius 1 is 0.889 bits per heavy atom. The van der Waals surface area contributed by atoms with Crippen molar-refractivity contribution in [3.05, 3.63) is 82.7 Å². The molecule has 0 aliphatic rings. The maximum atomic E-state index is 14.5. The quantitative estimate of drug-likeness (QED) is 0.0523. The molecule has 3 amide bonds. The van der Waals surface area contributed by atoms with Gasteiger partial charge in [0.05, 0.1) is 18.2 Å². The molecule has 3 aromatic carbocycles. The fourth-order valence-corrected chi connectivity index (χ4v) is 4.87. The first-order valence-electron chi connectivity index (χ1n) is 17.4. The Bertz CT molecular complexity index is 1820. The largest absolute Gasteiger partial charge is 0.492 e. The summed E-state index contributed by atoms with van der Waals surface area (Å²) in [7, 11) is 0. The van der Waals surface area contributed by atoms with Crippen LogP contribution >= 0.6 is 0 Å². The van der Waals surface area contributed by atoms with Crippen LogP contribution < -0.4 is 30.7 Å². The number of benzene rings is 3. The van der Waals surface area contributed by atoms with Gasteiger partial charge in [-0.2, -0.15) is 0 Å². The Morgan fingerprint density at radius 2 is 1.54 bits per heavy atom. The second-order valence-electron chi connectivity index (χ2n) is 14.5. The van der Waals surface area contributed by atoms with Crippen LogP contribution in [0.3, 0.4) is 0 Å². The van der Waals surface area contributed by atoms with Gasteiger partial charge in [-0.1, -0.05) is 0 Å². The maximum Gasteiger partial charge on any atom is 0.413 e. The Balaban J connectivity index is 1.82. The summed E-state index contributed by atoms with van der Waals surface area (Å²) in [6, 6.07) is 13.2. The van der Waals surface area contributed by atoms with Crippen LogP contribution in [0.2, 0.25) is 0 Å². The zero-order chi connectivity index (χ0) is 40.2. The van der Waals surface area contributed by atoms with Crippen LogP contribution in [-0.2, 0) is 27.2 Å². The number of amides is 3. The van der Waals surface area contributed by atoms with E-state index in [2.05, 4.69) is 21.3 Å². The molecule has 0 radical (unpaired) electrons. The third-order valence-electron chi connectivity index (χ3n) is 7.02. The molecule has 292 valence electrons. The van der Waals surface area contributed by atoms with Gasteiger partial charge in [-0.25, -0.2) is 14.0 Å². The molecule has 3 aromatic rings. The fourth-order valence-electron chi connectivity index (χ4n) is 4.87. The third kappa shape index (κ3) is 14.6. The van der Waals surface area contributed by atoms with Gasteiger partial charge < -0.3 is 40.0 Å². The van der Waals surface area contributed by atoms with Crippen molar-refractivity contribution >= 4 is 41.3 Å². The summed E-state index contributed by atoms with van der Waals surface area (Å²) in [6.45, 7) is 14.4. The number of alkyl carbamates (subject to hydrolysis) is 2. The van der Waals surface area contributed by atoms with Gasteiger partial charge in [0.15, 0.2) is 0 Å². The zero-order valence-corrected chi connectivity index (χ0v) is 31.9. The van der Waals surface area contributed by atoms with Gasteiger partial charge in [-0.15, -0.1) is 0 Å². The van der Waals surface area contributed by atoms with E-state index in [4.69, 9.17) is 24.4 Å². The first-order valence-corrected chi connectivity index (χ1v) is 17.4. The first-order chi connectivity index (χ1) is 25.2. The molecule has 54 heavy (non-hydrogen) atoms. The standard InChI is InChI=1S/C39H50FN5O9/c1-23(2)52-32-21-28(51-18-17-42-36(49)53-38(3,4)5)19-25(29(32)14-16-33(46)47)22-43-31-15-11-26(40)20-30(31)35(48)44-27-12-9-24(10-13-27)34(41)45-37(50)54-39(6,7)8/h9-13,15,19-21,23,43H,14,16-18,22H2,1-8H3,(H,42,49)(H,44,48)(H,46,47)(H2,41,45,50). The normalized spacial score (nSPS) is 11.3. The van der Waals surface area contributed by atoms with Gasteiger partial charge in [-0.3, -0.25) is 20.3 Å². The molecule has 0 bridgehead atoms. The van der Waals surface area contributed by atoms with E-state index in [1.54, 1.807) is 53.7 Å². The number of carbonyl (C=O) groups excluding carboxylic acids is 3. The molecule has 0 fully saturated rings. The van der Waals surface area contributed by atoms with Crippen LogP contribution in [-0.4, -0.2) is 65.5 Å². The van der Waals surface area contributed by atoms with E-state index in [0.29, 0.717) is 33.9 Å². The van der Waals surface area contributed by atoms with E-state index < -0.39 is 41.1 Å². The number of anilines is 2. The maximum absolute atomic E-state index is 14.5. The number of carboxylic acids is 1. The lowest BCUT2D eigenvalue weighted by Crippen LogP contribution is -2.36. The molecular weight excluding hydrogens is 701 g/mol. The molecule has 14 nitrogen and oxygen atoms in total. The van der Waals surface area contributed by atoms with Crippen molar-refractivity contribution in [3.63, 3.8) is 0 Å². The van der Waals surface area contributed by atoms with Gasteiger partial charge >= 0.3 is 18.2 Å². The molecule has 0 spiro atoms. The van der Waals surface area contributed by atoms with Crippen molar-refractivity contribution in [1.82, 2.24) is 10.6 Å². The molecule has 0 atom stereocenters. The highest BCUT2D eigenvalue weighted by atomic mass is 19.1. The minimum Gasteiger partial charge on any atom is -0.492 e. The Hall–Kier alpha value is -5.86. The molecule has 3 rings (SSSR count). The van der Waals surface area contributed by atoms with E-state index in [9.17, 15) is 28.7 Å². The van der Waals surface area contributed by atoms with Gasteiger partial charge in [0.25, 0.3) is 5.91 Å². The first kappa shape index (κ1) is 42.6. The lowest BCUT2D eigenvalue weighted by Gasteiger charge is -2.21. The van der Waals surface area contributed by atoms with Gasteiger partial charge in [0, 0.05) is 36.0 Å². The van der Waals surface area contributed by atoms with Crippen LogP contribution in [0.1, 0.15) is 88.9 Å². The molecular formula is C39H50FN5O9. The molecule has 0 aliphatic carbocycles. The van der Waals surface area contributed by atoms with E-state index in [1.165, 1.54) is 36.4 Å². The highest BCUT2D eigenvalue weighted by Gasteiger charge is 2.20. The fraction of sp³-hybridized carbons (Fsp3) is 0.410. The minimum absolute atomic E-state index is 0.00947. The number of carboxylic acid groups (broad SMARTS) is 1. The minimum atomic E-state index is -1.00. The van der Waals surface area contributed by atoms with E-state index in [-0.39, 0.29) is 55.7 Å². The molecule has 15 heteroatoms.